The number of nitrogens with zero attached hydrogens (tertiary/aromatic N) is 2. The molecule has 11 heteroatoms. The van der Waals surface area contributed by atoms with Crippen molar-refractivity contribution in [1.29, 1.82) is 0 Å². The molecule has 1 aliphatic heterocycles. The second kappa shape index (κ2) is 14.6. The van der Waals surface area contributed by atoms with Crippen LogP contribution in [0.3, 0.4) is 0 Å². The number of ether oxygens (including phenoxy) is 1. The minimum Gasteiger partial charge on any atom is -0.444 e. The molecule has 1 heterocycles. The van der Waals surface area contributed by atoms with Crippen molar-refractivity contribution in [2.45, 2.75) is 112 Å². The third-order valence-corrected chi connectivity index (χ3v) is 7.11. The molecular weight excluding hydrogens is 550 g/mol. The van der Waals surface area contributed by atoms with Crippen LogP contribution in [-0.2, 0) is 25.7 Å². The van der Waals surface area contributed by atoms with Gasteiger partial charge in [-0.15, -0.1) is 0 Å². The summed E-state index contributed by atoms with van der Waals surface area (Å²) in [6.45, 7) is 18.0. The number of allylic oxidation sites excluding steroid dienone is 2. The van der Waals surface area contributed by atoms with Gasteiger partial charge in [-0.3, -0.25) is 19.4 Å². The lowest BCUT2D eigenvalue weighted by molar-refractivity contribution is -0.144. The second-order valence-electron chi connectivity index (χ2n) is 13.1. The number of nitrogens with one attached hydrogen (secondary N) is 3. The number of amides is 4. The van der Waals surface area contributed by atoms with Crippen molar-refractivity contribution >= 4 is 35.6 Å². The molecule has 0 aromatic heterocycles. The summed E-state index contributed by atoms with van der Waals surface area (Å²) >= 11 is 0. The fourth-order valence-corrected chi connectivity index (χ4v) is 4.62. The van der Waals surface area contributed by atoms with Crippen LogP contribution in [0.2, 0.25) is 0 Å². The maximum absolute atomic E-state index is 13.8. The van der Waals surface area contributed by atoms with Gasteiger partial charge in [-0.2, -0.15) is 0 Å². The fourth-order valence-electron chi connectivity index (χ4n) is 4.62. The molecule has 0 saturated carbocycles. The fraction of sp³-hybridized carbons (Fsp3) is 0.594. The summed E-state index contributed by atoms with van der Waals surface area (Å²) in [6.07, 6.45) is 0.194. The Bertz CT molecular complexity index is 1230. The van der Waals surface area contributed by atoms with Crippen molar-refractivity contribution in [1.82, 2.24) is 20.9 Å². The predicted molar refractivity (Wildman–Crippen MR) is 167 cm³/mol. The summed E-state index contributed by atoms with van der Waals surface area (Å²) in [5, 5.41) is 18.5. The van der Waals surface area contributed by atoms with E-state index in [-0.39, 0.29) is 19.5 Å². The Morgan fingerprint density at radius 1 is 1.07 bits per heavy atom. The Hall–Kier alpha value is -3.73. The Morgan fingerprint density at radius 3 is 2.21 bits per heavy atom. The number of benzene rings is 1. The van der Waals surface area contributed by atoms with E-state index in [0.717, 1.165) is 22.4 Å². The third kappa shape index (κ3) is 10.5. The summed E-state index contributed by atoms with van der Waals surface area (Å²) in [5.74, 6) is -1.46. The van der Waals surface area contributed by atoms with Crippen LogP contribution >= 0.6 is 0 Å². The summed E-state index contributed by atoms with van der Waals surface area (Å²) in [5.41, 5.74) is 2.41. The summed E-state index contributed by atoms with van der Waals surface area (Å²) in [6, 6.07) is 4.88. The number of hydrogen-bond donors (Lipinski definition) is 4. The first-order chi connectivity index (χ1) is 19.8. The van der Waals surface area contributed by atoms with Crippen molar-refractivity contribution in [2.75, 3.05) is 6.54 Å². The number of β-amino-alcohol motifs (C(OH)–C–C–N with tert-alkyl or cyclic N) is 1. The predicted octanol–water partition coefficient (Wildman–Crippen LogP) is 3.55. The van der Waals surface area contributed by atoms with Crippen LogP contribution in [0.1, 0.15) is 86.8 Å². The highest BCUT2D eigenvalue weighted by molar-refractivity contribution is 5.94. The maximum Gasteiger partial charge on any atom is 0.408 e. The van der Waals surface area contributed by atoms with E-state index < -0.39 is 59.1 Å². The van der Waals surface area contributed by atoms with Crippen molar-refractivity contribution in [3.63, 3.8) is 0 Å². The molecule has 238 valence electrons. The topological polar surface area (TPSA) is 149 Å². The number of hydrogen-bond acceptors (Lipinski definition) is 7. The zero-order valence-corrected chi connectivity index (χ0v) is 27.2. The van der Waals surface area contributed by atoms with E-state index in [1.807, 2.05) is 45.0 Å². The molecule has 0 aliphatic carbocycles. The molecule has 4 atom stereocenters. The van der Waals surface area contributed by atoms with Crippen LogP contribution in [-0.4, -0.2) is 76.4 Å². The molecule has 0 spiro atoms. The van der Waals surface area contributed by atoms with Gasteiger partial charge in [0.05, 0.1) is 6.10 Å². The molecule has 1 saturated heterocycles. The lowest BCUT2D eigenvalue weighted by Gasteiger charge is -2.36. The van der Waals surface area contributed by atoms with Crippen molar-refractivity contribution in [3.8, 4) is 0 Å². The van der Waals surface area contributed by atoms with E-state index in [9.17, 15) is 24.3 Å². The smallest absolute Gasteiger partial charge is 0.408 e. The van der Waals surface area contributed by atoms with Gasteiger partial charge >= 0.3 is 6.09 Å². The molecule has 1 aromatic carbocycles. The van der Waals surface area contributed by atoms with Crippen LogP contribution in [0, 0.1) is 5.41 Å². The van der Waals surface area contributed by atoms with Crippen molar-refractivity contribution in [2.24, 2.45) is 10.4 Å². The molecular formula is C32H49N5O6. The molecule has 1 aliphatic rings. The summed E-state index contributed by atoms with van der Waals surface area (Å²) in [7, 11) is 0. The number of likely N-dealkylation sites (tertiary alicyclic amines) is 1. The van der Waals surface area contributed by atoms with E-state index in [2.05, 4.69) is 20.9 Å². The number of aliphatic hydroxyl groups is 1. The zero-order valence-electron chi connectivity index (χ0n) is 27.2. The van der Waals surface area contributed by atoms with Gasteiger partial charge in [0, 0.05) is 31.4 Å². The molecule has 1 fully saturated rings. The number of alkyl carbamates (subject to hydrolysis) is 1. The Labute approximate surface area is 255 Å². The third-order valence-electron chi connectivity index (χ3n) is 7.11. The Balaban J connectivity index is 2.12. The van der Waals surface area contributed by atoms with Gasteiger partial charge in [-0.1, -0.05) is 45.0 Å². The average Bonchev–Trinajstić information content (AvgIpc) is 3.29. The van der Waals surface area contributed by atoms with Crippen LogP contribution in [0.4, 0.5) is 4.79 Å². The van der Waals surface area contributed by atoms with Crippen LogP contribution in [0.5, 0.6) is 0 Å². The van der Waals surface area contributed by atoms with Gasteiger partial charge in [0.25, 0.3) is 0 Å². The first kappa shape index (κ1) is 35.5. The van der Waals surface area contributed by atoms with Crippen LogP contribution in [0.25, 0.3) is 5.57 Å². The average molecular weight is 600 g/mol. The van der Waals surface area contributed by atoms with Gasteiger partial charge < -0.3 is 30.7 Å². The number of aliphatic imine (C=N–C) groups is 1. The molecule has 4 N–H and O–H groups in total. The SMILES string of the molecule is CC=N/C(C)=C(\C)c1ccc(CNC(=O)[C@@H]2C[C@@H](O)CN2C(=O)[C@@H](NC(=O)[C@H](C)NC(=O)OC(C)(C)C)C(C)(C)C)cc1. The molecule has 1 aromatic rings. The maximum atomic E-state index is 13.8. The van der Waals surface area contributed by atoms with E-state index in [1.54, 1.807) is 47.8 Å². The van der Waals surface area contributed by atoms with Crippen molar-refractivity contribution < 1.29 is 29.0 Å². The quantitative estimate of drug-likeness (QED) is 0.319. The molecule has 2 rings (SSSR count). The van der Waals surface area contributed by atoms with Gasteiger partial charge in [0.2, 0.25) is 17.7 Å². The Kier molecular flexibility index (Phi) is 12.1. The molecule has 43 heavy (non-hydrogen) atoms. The summed E-state index contributed by atoms with van der Waals surface area (Å²) in [4.78, 5) is 57.9. The van der Waals surface area contributed by atoms with E-state index >= 15 is 0 Å². The number of rotatable bonds is 9. The number of carbonyl (C=O) groups is 4. The standard InChI is InChI=1S/C32H49N5O6/c1-11-33-20(3)19(2)23-14-12-22(13-15-23)17-34-28(40)25-16-24(38)18-37(25)29(41)26(31(5,6)7)36-27(39)21(4)35-30(42)43-32(8,9)10/h11-15,21,24-26,38H,16-18H2,1-10H3,(H,34,40)(H,35,42)(H,36,39)/b20-19+,33-11?/t21-,24+,25-,26+/m0/s1. The minimum atomic E-state index is -1.02. The first-order valence-electron chi connectivity index (χ1n) is 14.7. The van der Waals surface area contributed by atoms with Crippen LogP contribution < -0.4 is 16.0 Å². The van der Waals surface area contributed by atoms with Gasteiger partial charge in [-0.05, 0) is 70.6 Å². The van der Waals surface area contributed by atoms with Crippen molar-refractivity contribution in [3.05, 3.63) is 41.1 Å². The number of carbonyl (C=O) groups excluding carboxylic acids is 4. The highest BCUT2D eigenvalue weighted by atomic mass is 16.6. The van der Waals surface area contributed by atoms with E-state index in [0.29, 0.717) is 0 Å². The molecule has 11 nitrogen and oxygen atoms in total. The monoisotopic (exact) mass is 599 g/mol. The van der Waals surface area contributed by atoms with Gasteiger partial charge in [0.1, 0.15) is 23.7 Å². The second-order valence-corrected chi connectivity index (χ2v) is 13.1. The highest BCUT2D eigenvalue weighted by Crippen LogP contribution is 2.26. The summed E-state index contributed by atoms with van der Waals surface area (Å²) < 4.78 is 5.22. The van der Waals surface area contributed by atoms with Gasteiger partial charge in [0.15, 0.2) is 0 Å². The van der Waals surface area contributed by atoms with Gasteiger partial charge in [-0.25, -0.2) is 4.79 Å². The molecule has 4 amide bonds. The minimum absolute atomic E-state index is 0.0367. The zero-order chi connectivity index (χ0) is 32.7. The molecule has 0 radical (unpaired) electrons. The number of aliphatic hydroxyl groups excluding tert-OH is 1. The van der Waals surface area contributed by atoms with E-state index in [1.165, 1.54) is 11.8 Å². The largest absolute Gasteiger partial charge is 0.444 e. The highest BCUT2D eigenvalue weighted by Gasteiger charge is 2.44. The lowest BCUT2D eigenvalue weighted by Crippen LogP contribution is -2.60. The molecule has 0 bridgehead atoms. The normalized spacial score (nSPS) is 19.4. The lowest BCUT2D eigenvalue weighted by atomic mass is 9.85. The first-order valence-corrected chi connectivity index (χ1v) is 14.7. The van der Waals surface area contributed by atoms with E-state index in [4.69, 9.17) is 4.74 Å². The molecule has 0 unspecified atom stereocenters. The van der Waals surface area contributed by atoms with Crippen LogP contribution in [0.15, 0.2) is 35.0 Å². The Morgan fingerprint density at radius 2 is 1.67 bits per heavy atom.